The van der Waals surface area contributed by atoms with Crippen molar-refractivity contribution in [2.75, 3.05) is 25.0 Å². The number of benzene rings is 1. The van der Waals surface area contributed by atoms with E-state index in [2.05, 4.69) is 20.5 Å². The SMILES string of the molecule is NC1=NC(N2CC3CCCNC3C2)c2oc3c(Cl)cc(Cl)cc3c2N1. The number of fused-ring (bicyclic) bond motifs is 4. The molecule has 25 heavy (non-hydrogen) atoms. The van der Waals surface area contributed by atoms with Crippen LogP contribution in [0.3, 0.4) is 0 Å². The molecule has 6 nitrogen and oxygen atoms in total. The second-order valence-electron chi connectivity index (χ2n) is 7.04. The molecule has 2 fully saturated rings. The minimum absolute atomic E-state index is 0.231. The highest BCUT2D eigenvalue weighted by atomic mass is 35.5. The van der Waals surface area contributed by atoms with Gasteiger partial charge < -0.3 is 20.8 Å². The van der Waals surface area contributed by atoms with Crippen molar-refractivity contribution >= 4 is 45.8 Å². The van der Waals surface area contributed by atoms with Crippen LogP contribution in [0.25, 0.3) is 11.0 Å². The normalized spacial score (nSPS) is 29.2. The maximum Gasteiger partial charge on any atom is 0.195 e. The molecule has 0 aliphatic carbocycles. The van der Waals surface area contributed by atoms with E-state index in [9.17, 15) is 0 Å². The molecule has 0 amide bonds. The van der Waals surface area contributed by atoms with Gasteiger partial charge in [0.1, 0.15) is 0 Å². The van der Waals surface area contributed by atoms with Gasteiger partial charge in [0.2, 0.25) is 0 Å². The van der Waals surface area contributed by atoms with E-state index in [1.165, 1.54) is 12.8 Å². The fraction of sp³-hybridized carbons (Fsp3) is 0.471. The second kappa shape index (κ2) is 5.77. The van der Waals surface area contributed by atoms with Gasteiger partial charge in [-0.25, -0.2) is 4.99 Å². The van der Waals surface area contributed by atoms with Crippen LogP contribution in [0.2, 0.25) is 10.0 Å². The summed E-state index contributed by atoms with van der Waals surface area (Å²) in [6, 6.07) is 4.05. The van der Waals surface area contributed by atoms with Crippen LogP contribution in [0.5, 0.6) is 0 Å². The van der Waals surface area contributed by atoms with Crippen LogP contribution in [-0.2, 0) is 0 Å². The molecule has 4 heterocycles. The summed E-state index contributed by atoms with van der Waals surface area (Å²) in [6.07, 6.45) is 2.26. The number of likely N-dealkylation sites (tertiary alicyclic amines) is 1. The summed E-state index contributed by atoms with van der Waals surface area (Å²) in [7, 11) is 0. The summed E-state index contributed by atoms with van der Waals surface area (Å²) >= 11 is 12.5. The van der Waals surface area contributed by atoms with E-state index in [4.69, 9.17) is 33.4 Å². The molecule has 3 aliphatic heterocycles. The molecule has 2 saturated heterocycles. The number of guanidine groups is 1. The number of furan rings is 1. The molecule has 0 bridgehead atoms. The van der Waals surface area contributed by atoms with Crippen LogP contribution in [0.15, 0.2) is 21.5 Å². The molecule has 4 N–H and O–H groups in total. The van der Waals surface area contributed by atoms with E-state index in [0.717, 1.165) is 36.5 Å². The first kappa shape index (κ1) is 15.8. The summed E-state index contributed by atoms with van der Waals surface area (Å²) in [4.78, 5) is 6.97. The highest BCUT2D eigenvalue weighted by Gasteiger charge is 2.41. The van der Waals surface area contributed by atoms with E-state index >= 15 is 0 Å². The molecular formula is C17H19Cl2N5O. The van der Waals surface area contributed by atoms with Crippen molar-refractivity contribution in [3.05, 3.63) is 27.9 Å². The molecule has 3 unspecified atom stereocenters. The first-order chi connectivity index (χ1) is 12.1. The number of rotatable bonds is 1. The summed E-state index contributed by atoms with van der Waals surface area (Å²) in [5.74, 6) is 1.80. The maximum absolute atomic E-state index is 6.33. The molecule has 8 heteroatoms. The van der Waals surface area contributed by atoms with Crippen LogP contribution in [-0.4, -0.2) is 36.5 Å². The van der Waals surface area contributed by atoms with Gasteiger partial charge in [-0.15, -0.1) is 0 Å². The fourth-order valence-electron chi connectivity index (χ4n) is 4.33. The molecule has 1 aromatic heterocycles. The van der Waals surface area contributed by atoms with Gasteiger partial charge in [-0.05, 0) is 37.4 Å². The Morgan fingerprint density at radius 2 is 2.16 bits per heavy atom. The van der Waals surface area contributed by atoms with Crippen molar-refractivity contribution in [2.45, 2.75) is 25.0 Å². The Morgan fingerprint density at radius 1 is 1.28 bits per heavy atom. The van der Waals surface area contributed by atoms with E-state index in [1.54, 1.807) is 6.07 Å². The standard InChI is InChI=1S/C17H19Cl2N5O/c18-9-4-10-13-15(25-14(10)11(19)5-9)16(23-17(20)22-13)24-6-8-2-1-3-21-12(8)7-24/h4-5,8,12,16,21H,1-3,6-7H2,(H3,20,22,23). The van der Waals surface area contributed by atoms with Crippen molar-refractivity contribution in [3.63, 3.8) is 0 Å². The number of hydrogen-bond donors (Lipinski definition) is 3. The lowest BCUT2D eigenvalue weighted by Crippen LogP contribution is -2.41. The van der Waals surface area contributed by atoms with E-state index < -0.39 is 0 Å². The average Bonchev–Trinajstić information content (AvgIpc) is 3.16. The van der Waals surface area contributed by atoms with E-state index in [0.29, 0.717) is 33.5 Å². The van der Waals surface area contributed by atoms with Gasteiger partial charge in [-0.1, -0.05) is 23.2 Å². The minimum Gasteiger partial charge on any atom is -0.453 e. The molecule has 132 valence electrons. The van der Waals surface area contributed by atoms with Gasteiger partial charge in [0.15, 0.2) is 23.5 Å². The van der Waals surface area contributed by atoms with Gasteiger partial charge >= 0.3 is 0 Å². The maximum atomic E-state index is 6.33. The Hall–Kier alpha value is -1.47. The van der Waals surface area contributed by atoms with Crippen LogP contribution in [0.1, 0.15) is 24.8 Å². The zero-order chi connectivity index (χ0) is 17.1. The predicted molar refractivity (Wildman–Crippen MR) is 100 cm³/mol. The highest BCUT2D eigenvalue weighted by Crippen LogP contribution is 2.44. The third-order valence-corrected chi connectivity index (χ3v) is 5.96. The third kappa shape index (κ3) is 2.51. The van der Waals surface area contributed by atoms with Gasteiger partial charge in [0.05, 0.1) is 10.7 Å². The first-order valence-corrected chi connectivity index (χ1v) is 9.35. The molecule has 3 atom stereocenters. The zero-order valence-electron chi connectivity index (χ0n) is 13.6. The summed E-state index contributed by atoms with van der Waals surface area (Å²) < 4.78 is 6.13. The Labute approximate surface area is 155 Å². The van der Waals surface area contributed by atoms with Crippen LogP contribution in [0.4, 0.5) is 5.69 Å². The Balaban J connectivity index is 1.58. The van der Waals surface area contributed by atoms with E-state index in [-0.39, 0.29) is 6.17 Å². The lowest BCUT2D eigenvalue weighted by atomic mass is 9.94. The quantitative estimate of drug-likeness (QED) is 0.708. The average molecular weight is 380 g/mol. The molecule has 0 radical (unpaired) electrons. The molecule has 0 spiro atoms. The molecule has 0 saturated carbocycles. The number of hydrogen-bond acceptors (Lipinski definition) is 6. The summed E-state index contributed by atoms with van der Waals surface area (Å²) in [5.41, 5.74) is 7.51. The third-order valence-electron chi connectivity index (χ3n) is 5.46. The lowest BCUT2D eigenvalue weighted by Gasteiger charge is -2.27. The summed E-state index contributed by atoms with van der Waals surface area (Å²) in [5, 5.41) is 8.65. The van der Waals surface area contributed by atoms with Crippen molar-refractivity contribution in [3.8, 4) is 0 Å². The van der Waals surface area contributed by atoms with Crippen LogP contribution < -0.4 is 16.4 Å². The minimum atomic E-state index is -0.231. The van der Waals surface area contributed by atoms with Gasteiger partial charge in [-0.3, -0.25) is 4.90 Å². The Morgan fingerprint density at radius 3 is 3.00 bits per heavy atom. The molecule has 2 aromatic rings. The number of halogens is 2. The lowest BCUT2D eigenvalue weighted by molar-refractivity contribution is 0.215. The number of piperidine rings is 1. The smallest absolute Gasteiger partial charge is 0.195 e. The largest absolute Gasteiger partial charge is 0.453 e. The van der Waals surface area contributed by atoms with Crippen LogP contribution >= 0.6 is 23.2 Å². The number of nitrogens with zero attached hydrogens (tertiary/aromatic N) is 2. The molecule has 3 aliphatic rings. The van der Waals surface area contributed by atoms with Crippen LogP contribution in [0, 0.1) is 5.92 Å². The van der Waals surface area contributed by atoms with Gasteiger partial charge in [0.25, 0.3) is 0 Å². The predicted octanol–water partition coefficient (Wildman–Crippen LogP) is 3.16. The number of nitrogens with two attached hydrogens (primary N) is 1. The molecular weight excluding hydrogens is 361 g/mol. The van der Waals surface area contributed by atoms with Crippen molar-refractivity contribution in [2.24, 2.45) is 16.6 Å². The van der Waals surface area contributed by atoms with E-state index in [1.807, 2.05) is 6.07 Å². The number of aliphatic imine (C=N–C) groups is 1. The Bertz CT molecular complexity index is 866. The second-order valence-corrected chi connectivity index (χ2v) is 7.88. The number of anilines is 1. The number of nitrogens with one attached hydrogen (secondary N) is 2. The molecule has 5 rings (SSSR count). The van der Waals surface area contributed by atoms with Crippen molar-refractivity contribution < 1.29 is 4.42 Å². The molecule has 1 aromatic carbocycles. The highest BCUT2D eigenvalue weighted by molar-refractivity contribution is 6.38. The Kier molecular flexibility index (Phi) is 3.64. The monoisotopic (exact) mass is 379 g/mol. The van der Waals surface area contributed by atoms with Crippen molar-refractivity contribution in [1.29, 1.82) is 0 Å². The topological polar surface area (TPSA) is 78.8 Å². The fourth-order valence-corrected chi connectivity index (χ4v) is 4.86. The summed E-state index contributed by atoms with van der Waals surface area (Å²) in [6.45, 7) is 3.03. The van der Waals surface area contributed by atoms with Gasteiger partial charge in [-0.2, -0.15) is 0 Å². The first-order valence-electron chi connectivity index (χ1n) is 8.59. The van der Waals surface area contributed by atoms with Crippen molar-refractivity contribution in [1.82, 2.24) is 10.2 Å². The zero-order valence-corrected chi connectivity index (χ0v) is 15.1. The van der Waals surface area contributed by atoms with Gasteiger partial charge in [0, 0.05) is 29.5 Å².